The summed E-state index contributed by atoms with van der Waals surface area (Å²) in [5.74, 6) is -0.908. The third-order valence-corrected chi connectivity index (χ3v) is 3.77. The number of hydrogen-bond acceptors (Lipinski definition) is 4. The Hall–Kier alpha value is -1.33. The number of ether oxygens (including phenoxy) is 1. The van der Waals surface area contributed by atoms with Crippen LogP contribution < -0.4 is 0 Å². The number of carbonyl (C=O) groups is 2. The first-order chi connectivity index (χ1) is 9.52. The second-order valence-electron chi connectivity index (χ2n) is 4.58. The lowest BCUT2D eigenvalue weighted by Gasteiger charge is -2.31. The molecule has 108 valence electrons. The first-order valence-electron chi connectivity index (χ1n) is 6.22. The summed E-state index contributed by atoms with van der Waals surface area (Å²) < 4.78 is 4.73. The molecule has 0 aliphatic carbocycles. The lowest BCUT2D eigenvalue weighted by molar-refractivity contribution is -0.146. The predicted octanol–water partition coefficient (Wildman–Crippen LogP) is 2.41. The number of methoxy groups -OCH3 is 1. The number of likely N-dealkylation sites (tertiary alicyclic amines) is 1. The normalized spacial score (nSPS) is 18.8. The number of nitrogens with zero attached hydrogens (tertiary/aromatic N) is 2. The van der Waals surface area contributed by atoms with Gasteiger partial charge in [0.2, 0.25) is 0 Å². The Bertz CT molecular complexity index is 536. The molecule has 7 heteroatoms. The van der Waals surface area contributed by atoms with E-state index < -0.39 is 0 Å². The summed E-state index contributed by atoms with van der Waals surface area (Å²) in [6, 6.07) is 3.06. The van der Waals surface area contributed by atoms with Crippen molar-refractivity contribution in [1.29, 1.82) is 0 Å². The molecule has 1 aliphatic heterocycles. The minimum Gasteiger partial charge on any atom is -0.469 e. The van der Waals surface area contributed by atoms with Crippen molar-refractivity contribution in [1.82, 2.24) is 9.88 Å². The van der Waals surface area contributed by atoms with Gasteiger partial charge in [-0.05, 0) is 25.0 Å². The van der Waals surface area contributed by atoms with Gasteiger partial charge in [-0.25, -0.2) is 4.98 Å². The summed E-state index contributed by atoms with van der Waals surface area (Å²) in [5.41, 5.74) is 0.115. The molecular weight excluding hydrogens is 303 g/mol. The van der Waals surface area contributed by atoms with E-state index in [1.54, 1.807) is 4.90 Å². The Kier molecular flexibility index (Phi) is 4.83. The Labute approximate surface area is 126 Å². The van der Waals surface area contributed by atoms with Crippen LogP contribution in [0.15, 0.2) is 12.1 Å². The zero-order chi connectivity index (χ0) is 14.7. The lowest BCUT2D eigenvalue weighted by Crippen LogP contribution is -2.43. The van der Waals surface area contributed by atoms with Gasteiger partial charge >= 0.3 is 5.97 Å². The Morgan fingerprint density at radius 3 is 2.85 bits per heavy atom. The highest BCUT2D eigenvalue weighted by molar-refractivity contribution is 6.34. The maximum absolute atomic E-state index is 12.4. The number of hydrogen-bond donors (Lipinski definition) is 0. The molecule has 1 atom stereocenters. The minimum absolute atomic E-state index is 0.115. The highest BCUT2D eigenvalue weighted by atomic mass is 35.5. The quantitative estimate of drug-likeness (QED) is 0.621. The van der Waals surface area contributed by atoms with Crippen LogP contribution in [0.3, 0.4) is 0 Å². The first kappa shape index (κ1) is 15.1. The van der Waals surface area contributed by atoms with E-state index in [1.807, 2.05) is 0 Å². The Morgan fingerprint density at radius 1 is 1.40 bits per heavy atom. The van der Waals surface area contributed by atoms with Gasteiger partial charge in [-0.15, -0.1) is 0 Å². The van der Waals surface area contributed by atoms with Crippen LogP contribution >= 0.6 is 23.2 Å². The van der Waals surface area contributed by atoms with Gasteiger partial charge in [0.15, 0.2) is 0 Å². The number of esters is 1. The average Bonchev–Trinajstić information content (AvgIpc) is 2.48. The van der Waals surface area contributed by atoms with Gasteiger partial charge in [-0.3, -0.25) is 9.59 Å². The molecule has 5 nitrogen and oxygen atoms in total. The molecule has 1 aromatic heterocycles. The molecular formula is C13H14Cl2N2O3. The second-order valence-corrected chi connectivity index (χ2v) is 5.37. The average molecular weight is 317 g/mol. The van der Waals surface area contributed by atoms with Crippen molar-refractivity contribution < 1.29 is 14.3 Å². The van der Waals surface area contributed by atoms with Crippen molar-refractivity contribution >= 4 is 35.1 Å². The largest absolute Gasteiger partial charge is 0.469 e. The van der Waals surface area contributed by atoms with Crippen molar-refractivity contribution in [3.05, 3.63) is 28.0 Å². The number of halogens is 2. The number of piperidine rings is 1. The highest BCUT2D eigenvalue weighted by Crippen LogP contribution is 2.23. The van der Waals surface area contributed by atoms with E-state index in [2.05, 4.69) is 4.98 Å². The molecule has 1 saturated heterocycles. The molecule has 2 rings (SSSR count). The molecule has 20 heavy (non-hydrogen) atoms. The second kappa shape index (κ2) is 6.41. The smallest absolute Gasteiger partial charge is 0.310 e. The summed E-state index contributed by atoms with van der Waals surface area (Å²) in [6.07, 6.45) is 1.46. The first-order valence-corrected chi connectivity index (χ1v) is 6.97. The number of aromatic nitrogens is 1. The van der Waals surface area contributed by atoms with E-state index in [-0.39, 0.29) is 33.7 Å². The molecule has 1 unspecified atom stereocenters. The number of amides is 1. The van der Waals surface area contributed by atoms with Crippen LogP contribution in [-0.2, 0) is 9.53 Å². The van der Waals surface area contributed by atoms with Crippen molar-refractivity contribution in [2.75, 3.05) is 20.2 Å². The minimum atomic E-state index is -0.314. The number of rotatable bonds is 2. The maximum Gasteiger partial charge on any atom is 0.310 e. The monoisotopic (exact) mass is 316 g/mol. The van der Waals surface area contributed by atoms with Crippen LogP contribution in [-0.4, -0.2) is 42.0 Å². The summed E-state index contributed by atoms with van der Waals surface area (Å²) in [6.45, 7) is 0.882. The molecule has 0 bridgehead atoms. The summed E-state index contributed by atoms with van der Waals surface area (Å²) >= 11 is 11.8. The van der Waals surface area contributed by atoms with Gasteiger partial charge in [0.1, 0.15) is 10.8 Å². The maximum atomic E-state index is 12.4. The van der Waals surface area contributed by atoms with Crippen molar-refractivity contribution in [2.24, 2.45) is 5.92 Å². The third kappa shape index (κ3) is 3.22. The van der Waals surface area contributed by atoms with E-state index in [1.165, 1.54) is 19.2 Å². The molecule has 0 spiro atoms. The van der Waals surface area contributed by atoms with E-state index in [0.29, 0.717) is 19.5 Å². The fraction of sp³-hybridized carbons (Fsp3) is 0.462. The van der Waals surface area contributed by atoms with Crippen LogP contribution in [0.1, 0.15) is 23.3 Å². The lowest BCUT2D eigenvalue weighted by atomic mass is 9.98. The molecule has 0 radical (unpaired) electrons. The molecule has 2 heterocycles. The van der Waals surface area contributed by atoms with Crippen molar-refractivity contribution in [3.63, 3.8) is 0 Å². The molecule has 0 aromatic carbocycles. The molecule has 1 aromatic rings. The standard InChI is InChI=1S/C13H14Cl2N2O3/c1-20-13(19)8-3-2-6-17(7-8)12(18)11-9(14)4-5-10(15)16-11/h4-5,8H,2-3,6-7H2,1H3. The molecule has 1 aliphatic rings. The van der Waals surface area contributed by atoms with Gasteiger partial charge in [-0.1, -0.05) is 23.2 Å². The van der Waals surface area contributed by atoms with Gasteiger partial charge in [0.05, 0.1) is 18.1 Å². The Balaban J connectivity index is 2.16. The van der Waals surface area contributed by atoms with Gasteiger partial charge in [-0.2, -0.15) is 0 Å². The summed E-state index contributed by atoms with van der Waals surface area (Å²) in [5, 5.41) is 0.457. The summed E-state index contributed by atoms with van der Waals surface area (Å²) in [7, 11) is 1.35. The van der Waals surface area contributed by atoms with Gasteiger partial charge in [0.25, 0.3) is 5.91 Å². The van der Waals surface area contributed by atoms with E-state index in [4.69, 9.17) is 27.9 Å². The van der Waals surface area contributed by atoms with Crippen LogP contribution in [0.2, 0.25) is 10.2 Å². The SMILES string of the molecule is COC(=O)C1CCCN(C(=O)c2nc(Cl)ccc2Cl)C1. The van der Waals surface area contributed by atoms with Gasteiger partial charge in [0, 0.05) is 13.1 Å². The fourth-order valence-electron chi connectivity index (χ4n) is 2.24. The zero-order valence-corrected chi connectivity index (χ0v) is 12.4. The van der Waals surface area contributed by atoms with E-state index in [9.17, 15) is 9.59 Å². The van der Waals surface area contributed by atoms with E-state index in [0.717, 1.165) is 6.42 Å². The number of carbonyl (C=O) groups excluding carboxylic acids is 2. The van der Waals surface area contributed by atoms with Gasteiger partial charge < -0.3 is 9.64 Å². The Morgan fingerprint density at radius 2 is 2.15 bits per heavy atom. The van der Waals surface area contributed by atoms with Crippen LogP contribution in [0.25, 0.3) is 0 Å². The molecule has 0 N–H and O–H groups in total. The highest BCUT2D eigenvalue weighted by Gasteiger charge is 2.30. The molecule has 1 amide bonds. The van der Waals surface area contributed by atoms with Crippen LogP contribution in [0, 0.1) is 5.92 Å². The molecule has 0 saturated carbocycles. The number of pyridine rings is 1. The van der Waals surface area contributed by atoms with Crippen molar-refractivity contribution in [2.45, 2.75) is 12.8 Å². The fourth-order valence-corrected chi connectivity index (χ4v) is 2.57. The van der Waals surface area contributed by atoms with Crippen LogP contribution in [0.5, 0.6) is 0 Å². The van der Waals surface area contributed by atoms with E-state index >= 15 is 0 Å². The van der Waals surface area contributed by atoms with Crippen LogP contribution in [0.4, 0.5) is 0 Å². The third-order valence-electron chi connectivity index (χ3n) is 3.26. The molecule has 1 fully saturated rings. The zero-order valence-electron chi connectivity index (χ0n) is 10.9. The predicted molar refractivity (Wildman–Crippen MR) is 74.9 cm³/mol. The topological polar surface area (TPSA) is 59.5 Å². The van der Waals surface area contributed by atoms with Crippen molar-refractivity contribution in [3.8, 4) is 0 Å². The summed E-state index contributed by atoms with van der Waals surface area (Å²) in [4.78, 5) is 29.5.